The molecule has 0 saturated carbocycles. The molecule has 1 spiro atoms. The molecule has 2 fully saturated rings. The number of hydrogen-bond donors (Lipinski definition) is 1. The molecule has 0 bridgehead atoms. The van der Waals surface area contributed by atoms with Gasteiger partial charge in [0.25, 0.3) is 0 Å². The van der Waals surface area contributed by atoms with E-state index in [2.05, 4.69) is 22.3 Å². The zero-order valence-corrected chi connectivity index (χ0v) is 18.0. The Bertz CT molecular complexity index is 842. The third-order valence-corrected chi connectivity index (χ3v) is 6.40. The van der Waals surface area contributed by atoms with E-state index in [0.717, 1.165) is 54.8 Å². The SMILES string of the molecule is Cc1cccc(C)c1NC(=O)CN1CC[C@]2(CCCO2)[C@@H](OCc2ccccc2)C1. The number of ether oxygens (including phenoxy) is 2. The van der Waals surface area contributed by atoms with Crippen LogP contribution in [0.25, 0.3) is 0 Å². The first-order valence-corrected chi connectivity index (χ1v) is 10.9. The highest BCUT2D eigenvalue weighted by atomic mass is 16.6. The van der Waals surface area contributed by atoms with Crippen molar-refractivity contribution in [2.45, 2.75) is 51.4 Å². The molecule has 1 N–H and O–H groups in total. The second-order valence-corrected chi connectivity index (χ2v) is 8.60. The van der Waals surface area contributed by atoms with Gasteiger partial charge >= 0.3 is 0 Å². The smallest absolute Gasteiger partial charge is 0.238 e. The summed E-state index contributed by atoms with van der Waals surface area (Å²) < 4.78 is 12.6. The fourth-order valence-electron chi connectivity index (χ4n) is 4.68. The lowest BCUT2D eigenvalue weighted by Crippen LogP contribution is -2.57. The maximum atomic E-state index is 12.8. The van der Waals surface area contributed by atoms with Crippen LogP contribution in [-0.4, -0.2) is 48.8 Å². The molecule has 1 amide bonds. The second-order valence-electron chi connectivity index (χ2n) is 8.60. The van der Waals surface area contributed by atoms with Crippen molar-refractivity contribution in [2.75, 3.05) is 31.6 Å². The summed E-state index contributed by atoms with van der Waals surface area (Å²) in [5.74, 6) is 0.0255. The molecule has 30 heavy (non-hydrogen) atoms. The molecule has 0 aliphatic carbocycles. The van der Waals surface area contributed by atoms with Gasteiger partial charge in [0.2, 0.25) is 5.91 Å². The molecule has 2 aromatic carbocycles. The monoisotopic (exact) mass is 408 g/mol. The molecule has 5 heteroatoms. The number of likely N-dealkylation sites (tertiary alicyclic amines) is 1. The lowest BCUT2D eigenvalue weighted by molar-refractivity contribution is -0.159. The lowest BCUT2D eigenvalue weighted by atomic mass is 9.85. The van der Waals surface area contributed by atoms with E-state index in [4.69, 9.17) is 9.47 Å². The zero-order valence-electron chi connectivity index (χ0n) is 18.0. The van der Waals surface area contributed by atoms with Gasteiger partial charge < -0.3 is 14.8 Å². The fourth-order valence-corrected chi connectivity index (χ4v) is 4.68. The van der Waals surface area contributed by atoms with Crippen molar-refractivity contribution >= 4 is 11.6 Å². The van der Waals surface area contributed by atoms with Crippen molar-refractivity contribution in [3.8, 4) is 0 Å². The predicted octanol–water partition coefficient (Wildman–Crippen LogP) is 4.08. The Hall–Kier alpha value is -2.21. The van der Waals surface area contributed by atoms with Gasteiger partial charge in [-0.2, -0.15) is 0 Å². The standard InChI is InChI=1S/C25H32N2O3/c1-19-8-6-9-20(2)24(19)26-23(28)17-27-14-13-25(12-7-15-30-25)22(16-27)29-18-21-10-4-3-5-11-21/h3-6,8-11,22H,7,12-18H2,1-2H3,(H,26,28)/t22-,25+/m0/s1. The minimum absolute atomic E-state index is 0.0255. The van der Waals surface area contributed by atoms with Gasteiger partial charge in [-0.3, -0.25) is 9.69 Å². The molecule has 160 valence electrons. The van der Waals surface area contributed by atoms with Gasteiger partial charge in [-0.25, -0.2) is 0 Å². The van der Waals surface area contributed by atoms with Crippen LogP contribution >= 0.6 is 0 Å². The number of piperidine rings is 1. The van der Waals surface area contributed by atoms with Crippen molar-refractivity contribution in [3.05, 3.63) is 65.2 Å². The normalized spacial score (nSPS) is 24.3. The van der Waals surface area contributed by atoms with E-state index in [1.54, 1.807) is 0 Å². The quantitative estimate of drug-likeness (QED) is 0.782. The topological polar surface area (TPSA) is 50.8 Å². The summed E-state index contributed by atoms with van der Waals surface area (Å²) in [5, 5.41) is 3.11. The summed E-state index contributed by atoms with van der Waals surface area (Å²) in [7, 11) is 0. The summed E-state index contributed by atoms with van der Waals surface area (Å²) in [6.07, 6.45) is 3.00. The molecular formula is C25H32N2O3. The Labute approximate surface area is 179 Å². The van der Waals surface area contributed by atoms with Crippen LogP contribution in [0, 0.1) is 13.8 Å². The largest absolute Gasteiger partial charge is 0.372 e. The number of nitrogens with one attached hydrogen (secondary N) is 1. The Balaban J connectivity index is 1.39. The van der Waals surface area contributed by atoms with Crippen LogP contribution in [0.3, 0.4) is 0 Å². The summed E-state index contributed by atoms with van der Waals surface area (Å²) in [6.45, 7) is 7.36. The Morgan fingerprint density at radius 3 is 2.60 bits per heavy atom. The van der Waals surface area contributed by atoms with Crippen LogP contribution in [0.4, 0.5) is 5.69 Å². The Morgan fingerprint density at radius 2 is 1.90 bits per heavy atom. The first-order valence-electron chi connectivity index (χ1n) is 10.9. The highest BCUT2D eigenvalue weighted by molar-refractivity contribution is 5.93. The van der Waals surface area contributed by atoms with E-state index in [-0.39, 0.29) is 17.6 Å². The number of rotatable bonds is 6. The van der Waals surface area contributed by atoms with Gasteiger partial charge in [0.1, 0.15) is 0 Å². The van der Waals surface area contributed by atoms with Gasteiger partial charge in [0, 0.05) is 25.4 Å². The third kappa shape index (κ3) is 4.75. The maximum Gasteiger partial charge on any atom is 0.238 e. The second kappa shape index (κ2) is 9.29. The van der Waals surface area contributed by atoms with Gasteiger partial charge in [0.15, 0.2) is 0 Å². The number of anilines is 1. The zero-order chi connectivity index (χ0) is 21.0. The first-order chi connectivity index (χ1) is 14.6. The van der Waals surface area contributed by atoms with Crippen LogP contribution in [-0.2, 0) is 20.9 Å². The van der Waals surface area contributed by atoms with Crippen molar-refractivity contribution < 1.29 is 14.3 Å². The summed E-state index contributed by atoms with van der Waals surface area (Å²) in [4.78, 5) is 15.0. The third-order valence-electron chi connectivity index (χ3n) is 6.40. The van der Waals surface area contributed by atoms with Crippen molar-refractivity contribution in [2.24, 2.45) is 0 Å². The van der Waals surface area contributed by atoms with Crippen LogP contribution in [0.1, 0.15) is 36.0 Å². The molecule has 0 radical (unpaired) electrons. The Kier molecular flexibility index (Phi) is 6.52. The van der Waals surface area contributed by atoms with E-state index >= 15 is 0 Å². The molecule has 2 atom stereocenters. The molecular weight excluding hydrogens is 376 g/mol. The fraction of sp³-hybridized carbons (Fsp3) is 0.480. The number of benzene rings is 2. The lowest BCUT2D eigenvalue weighted by Gasteiger charge is -2.44. The van der Waals surface area contributed by atoms with Crippen LogP contribution < -0.4 is 5.32 Å². The molecule has 2 aliphatic rings. The van der Waals surface area contributed by atoms with Crippen molar-refractivity contribution in [1.29, 1.82) is 0 Å². The van der Waals surface area contributed by atoms with E-state index in [9.17, 15) is 4.79 Å². The molecule has 2 aliphatic heterocycles. The summed E-state index contributed by atoms with van der Waals surface area (Å²) in [5.41, 5.74) is 4.06. The predicted molar refractivity (Wildman–Crippen MR) is 119 cm³/mol. The minimum Gasteiger partial charge on any atom is -0.372 e. The maximum absolute atomic E-state index is 12.8. The number of carbonyl (C=O) groups excluding carboxylic acids is 1. The van der Waals surface area contributed by atoms with Gasteiger partial charge in [0.05, 0.1) is 24.9 Å². The molecule has 2 aromatic rings. The molecule has 4 rings (SSSR count). The van der Waals surface area contributed by atoms with Crippen molar-refractivity contribution in [3.63, 3.8) is 0 Å². The van der Waals surface area contributed by atoms with Crippen LogP contribution in [0.5, 0.6) is 0 Å². The van der Waals surface area contributed by atoms with E-state index in [0.29, 0.717) is 19.7 Å². The number of aryl methyl sites for hydroxylation is 2. The van der Waals surface area contributed by atoms with E-state index in [1.807, 2.05) is 50.2 Å². The molecule has 5 nitrogen and oxygen atoms in total. The summed E-state index contributed by atoms with van der Waals surface area (Å²) >= 11 is 0. The first kappa shape index (κ1) is 21.0. The average molecular weight is 409 g/mol. The molecule has 0 unspecified atom stereocenters. The minimum atomic E-state index is -0.200. The molecule has 2 heterocycles. The highest BCUT2D eigenvalue weighted by Gasteiger charge is 2.47. The van der Waals surface area contributed by atoms with Crippen LogP contribution in [0.2, 0.25) is 0 Å². The van der Waals surface area contributed by atoms with E-state index in [1.165, 1.54) is 0 Å². The highest BCUT2D eigenvalue weighted by Crippen LogP contribution is 2.38. The number of para-hydroxylation sites is 1. The average Bonchev–Trinajstić information content (AvgIpc) is 3.21. The molecule has 2 saturated heterocycles. The number of carbonyl (C=O) groups is 1. The van der Waals surface area contributed by atoms with Gasteiger partial charge in [-0.1, -0.05) is 48.5 Å². The van der Waals surface area contributed by atoms with E-state index < -0.39 is 0 Å². The van der Waals surface area contributed by atoms with Crippen LogP contribution in [0.15, 0.2) is 48.5 Å². The Morgan fingerprint density at radius 1 is 1.13 bits per heavy atom. The number of hydrogen-bond acceptors (Lipinski definition) is 4. The van der Waals surface area contributed by atoms with Gasteiger partial charge in [-0.05, 0) is 49.8 Å². The van der Waals surface area contributed by atoms with Crippen molar-refractivity contribution in [1.82, 2.24) is 4.90 Å². The number of nitrogens with zero attached hydrogens (tertiary/aromatic N) is 1. The molecule has 0 aromatic heterocycles. The van der Waals surface area contributed by atoms with Gasteiger partial charge in [-0.15, -0.1) is 0 Å². The summed E-state index contributed by atoms with van der Waals surface area (Å²) in [6, 6.07) is 16.3. The number of amides is 1.